The summed E-state index contributed by atoms with van der Waals surface area (Å²) in [6.07, 6.45) is 0.715. The molecule has 0 aliphatic carbocycles. The van der Waals surface area contributed by atoms with Gasteiger partial charge in [-0.15, -0.1) is 11.3 Å². The summed E-state index contributed by atoms with van der Waals surface area (Å²) in [4.78, 5) is 29.7. The molecule has 3 heterocycles. The number of hydrogen-bond acceptors (Lipinski definition) is 7. The maximum absolute atomic E-state index is 13.2. The molecule has 3 aromatic rings. The Hall–Kier alpha value is -3.45. The van der Waals surface area contributed by atoms with Crippen molar-refractivity contribution in [3.63, 3.8) is 0 Å². The molecule has 0 bridgehead atoms. The molecule has 3 N–H and O–H groups in total. The van der Waals surface area contributed by atoms with Crippen LogP contribution in [0.25, 0.3) is 0 Å². The number of fused-ring (bicyclic) bond motifs is 1. The van der Waals surface area contributed by atoms with Crippen molar-refractivity contribution in [1.29, 1.82) is 5.41 Å². The fourth-order valence-electron chi connectivity index (χ4n) is 3.77. The quantitative estimate of drug-likeness (QED) is 0.417. The number of rotatable bonds is 4. The Balaban J connectivity index is 0.000000556. The SMILES string of the molecule is CS(=O)(=O)O.N=C1OCCN1c1ccc(N2Cc3cccc(NC(=O)c4ccc(Cl)s4)c3C2=O)cc1. The third-order valence-corrected chi connectivity index (χ3v) is 6.49. The fourth-order valence-corrected chi connectivity index (χ4v) is 4.70. The van der Waals surface area contributed by atoms with E-state index in [-0.39, 0.29) is 17.8 Å². The summed E-state index contributed by atoms with van der Waals surface area (Å²) in [6, 6.07) is 16.4. The van der Waals surface area contributed by atoms with Gasteiger partial charge < -0.3 is 15.0 Å². The first-order valence-corrected chi connectivity index (χ1v) is 13.6. The highest BCUT2D eigenvalue weighted by Gasteiger charge is 2.32. The second-order valence-electron chi connectivity index (χ2n) is 7.84. The van der Waals surface area contributed by atoms with E-state index in [1.807, 2.05) is 36.4 Å². The molecule has 0 unspecified atom stereocenters. The second kappa shape index (κ2) is 10.3. The molecule has 1 fully saturated rings. The first kappa shape index (κ1) is 25.6. The van der Waals surface area contributed by atoms with E-state index >= 15 is 0 Å². The smallest absolute Gasteiger partial charge is 0.289 e. The highest BCUT2D eigenvalue weighted by atomic mass is 35.5. The van der Waals surface area contributed by atoms with E-state index in [1.54, 1.807) is 28.0 Å². The summed E-state index contributed by atoms with van der Waals surface area (Å²) in [5.74, 6) is -0.462. The number of benzene rings is 2. The number of hydrogen-bond donors (Lipinski definition) is 3. The van der Waals surface area contributed by atoms with Gasteiger partial charge in [0.15, 0.2) is 0 Å². The van der Waals surface area contributed by atoms with Crippen LogP contribution in [0.2, 0.25) is 4.34 Å². The molecule has 5 rings (SSSR count). The molecule has 2 aliphatic heterocycles. The van der Waals surface area contributed by atoms with Gasteiger partial charge in [0, 0.05) is 11.4 Å². The van der Waals surface area contributed by atoms with Crippen LogP contribution in [0.4, 0.5) is 17.1 Å². The molecule has 0 spiro atoms. The Bertz CT molecular complexity index is 1430. The Morgan fingerprint density at radius 1 is 1.11 bits per heavy atom. The van der Waals surface area contributed by atoms with Gasteiger partial charge in [0.25, 0.3) is 28.0 Å². The summed E-state index contributed by atoms with van der Waals surface area (Å²) in [6.45, 7) is 1.54. The standard InChI is InChI=1S/C22H17ClN4O3S.CH4O3S/c23-18-9-8-17(31-18)20(28)25-16-3-1-2-13-12-27(21(29)19(13)16)15-6-4-14(5-7-15)26-10-11-30-22(26)24;1-5(2,3)4/h1-9,24H,10-12H2,(H,25,28);1H3,(H,2,3,4). The number of halogens is 1. The molecule has 0 radical (unpaired) electrons. The third kappa shape index (κ3) is 5.85. The molecule has 13 heteroatoms. The van der Waals surface area contributed by atoms with E-state index in [0.29, 0.717) is 46.4 Å². The molecular formula is C23H21ClN4O6S2. The highest BCUT2D eigenvalue weighted by molar-refractivity contribution is 7.85. The van der Waals surface area contributed by atoms with Crippen LogP contribution in [0.15, 0.2) is 54.6 Å². The van der Waals surface area contributed by atoms with Crippen molar-refractivity contribution in [1.82, 2.24) is 0 Å². The molecule has 1 aromatic heterocycles. The monoisotopic (exact) mass is 548 g/mol. The van der Waals surface area contributed by atoms with Gasteiger partial charge in [-0.3, -0.25) is 24.5 Å². The number of nitrogens with zero attached hydrogens (tertiary/aromatic N) is 2. The Labute approximate surface area is 216 Å². The third-order valence-electron chi connectivity index (χ3n) is 5.26. The molecule has 2 aromatic carbocycles. The summed E-state index contributed by atoms with van der Waals surface area (Å²) < 4.78 is 31.6. The number of anilines is 3. The predicted molar refractivity (Wildman–Crippen MR) is 139 cm³/mol. The number of thiophene rings is 1. The van der Waals surface area contributed by atoms with Crippen molar-refractivity contribution in [3.8, 4) is 0 Å². The summed E-state index contributed by atoms with van der Waals surface area (Å²) in [5, 5.41) is 10.7. The molecule has 0 saturated carbocycles. The van der Waals surface area contributed by atoms with Crippen molar-refractivity contribution >= 4 is 68.0 Å². The van der Waals surface area contributed by atoms with Crippen LogP contribution in [0, 0.1) is 5.41 Å². The maximum Gasteiger partial charge on any atom is 0.289 e. The van der Waals surface area contributed by atoms with Gasteiger partial charge in [-0.1, -0.05) is 23.7 Å². The lowest BCUT2D eigenvalue weighted by atomic mass is 10.1. The highest BCUT2D eigenvalue weighted by Crippen LogP contribution is 2.34. The van der Waals surface area contributed by atoms with Crippen molar-refractivity contribution in [2.75, 3.05) is 34.5 Å². The van der Waals surface area contributed by atoms with Crippen LogP contribution < -0.4 is 15.1 Å². The van der Waals surface area contributed by atoms with Crippen LogP contribution in [0.1, 0.15) is 25.6 Å². The van der Waals surface area contributed by atoms with Gasteiger partial charge in [-0.2, -0.15) is 8.42 Å². The zero-order valence-corrected chi connectivity index (χ0v) is 21.3. The van der Waals surface area contributed by atoms with Crippen LogP contribution >= 0.6 is 22.9 Å². The van der Waals surface area contributed by atoms with Crippen molar-refractivity contribution in [2.24, 2.45) is 0 Å². The predicted octanol–water partition coefficient (Wildman–Crippen LogP) is 4.09. The van der Waals surface area contributed by atoms with Gasteiger partial charge in [0.2, 0.25) is 0 Å². The molecule has 188 valence electrons. The Morgan fingerprint density at radius 2 is 1.75 bits per heavy atom. The van der Waals surface area contributed by atoms with E-state index in [1.165, 1.54) is 11.3 Å². The first-order chi connectivity index (χ1) is 17.0. The topological polar surface area (TPSA) is 140 Å². The van der Waals surface area contributed by atoms with Crippen LogP contribution in [-0.4, -0.2) is 50.2 Å². The fraction of sp³-hybridized carbons (Fsp3) is 0.174. The van der Waals surface area contributed by atoms with E-state index in [9.17, 15) is 18.0 Å². The lowest BCUT2D eigenvalue weighted by Crippen LogP contribution is -2.25. The van der Waals surface area contributed by atoms with Crippen molar-refractivity contribution in [3.05, 3.63) is 74.9 Å². The molecule has 36 heavy (non-hydrogen) atoms. The number of nitrogens with one attached hydrogen (secondary N) is 2. The second-order valence-corrected chi connectivity index (χ2v) is 11.0. The average Bonchev–Trinajstić information content (AvgIpc) is 3.52. The van der Waals surface area contributed by atoms with Crippen LogP contribution in [0.5, 0.6) is 0 Å². The average molecular weight is 549 g/mol. The van der Waals surface area contributed by atoms with Gasteiger partial charge in [0.1, 0.15) is 6.61 Å². The van der Waals surface area contributed by atoms with E-state index in [2.05, 4.69) is 5.32 Å². The molecule has 10 nitrogen and oxygen atoms in total. The van der Waals surface area contributed by atoms with E-state index in [0.717, 1.165) is 16.9 Å². The summed E-state index contributed by atoms with van der Waals surface area (Å²) in [5.41, 5.74) is 3.43. The van der Waals surface area contributed by atoms with Gasteiger partial charge in [-0.05, 0) is 48.0 Å². The zero-order valence-electron chi connectivity index (χ0n) is 18.9. The van der Waals surface area contributed by atoms with E-state index < -0.39 is 10.1 Å². The normalized spacial score (nSPS) is 14.8. The Kier molecular flexibility index (Phi) is 7.31. The van der Waals surface area contributed by atoms with Gasteiger partial charge in [0.05, 0.1) is 39.8 Å². The van der Waals surface area contributed by atoms with Crippen LogP contribution in [-0.2, 0) is 21.4 Å². The first-order valence-electron chi connectivity index (χ1n) is 10.5. The maximum atomic E-state index is 13.2. The Morgan fingerprint density at radius 3 is 2.31 bits per heavy atom. The van der Waals surface area contributed by atoms with Crippen molar-refractivity contribution < 1.29 is 27.3 Å². The van der Waals surface area contributed by atoms with Gasteiger partial charge >= 0.3 is 0 Å². The minimum absolute atomic E-state index is 0.129. The number of amides is 2. The minimum Gasteiger partial charge on any atom is -0.463 e. The minimum atomic E-state index is -3.67. The molecule has 2 aliphatic rings. The largest absolute Gasteiger partial charge is 0.463 e. The molecule has 0 atom stereocenters. The molecular weight excluding hydrogens is 528 g/mol. The number of amidine groups is 1. The summed E-state index contributed by atoms with van der Waals surface area (Å²) in [7, 11) is -3.67. The van der Waals surface area contributed by atoms with Crippen molar-refractivity contribution in [2.45, 2.75) is 6.54 Å². The summed E-state index contributed by atoms with van der Waals surface area (Å²) >= 11 is 7.12. The van der Waals surface area contributed by atoms with Crippen LogP contribution in [0.3, 0.4) is 0 Å². The number of carbonyl (C=O) groups excluding carboxylic acids is 2. The zero-order chi connectivity index (χ0) is 26.0. The molecule has 1 saturated heterocycles. The van der Waals surface area contributed by atoms with Gasteiger partial charge in [-0.25, -0.2) is 0 Å². The van der Waals surface area contributed by atoms with E-state index in [4.69, 9.17) is 26.3 Å². The lowest BCUT2D eigenvalue weighted by molar-refractivity contribution is 0.0997. The number of carbonyl (C=O) groups is 2. The molecule has 2 amide bonds. The lowest BCUT2D eigenvalue weighted by Gasteiger charge is -2.19. The number of ether oxygens (including phenoxy) is 1.